The van der Waals surface area contributed by atoms with E-state index in [1.807, 2.05) is 35.9 Å². The molecule has 110 valence electrons. The highest BCUT2D eigenvalue weighted by molar-refractivity contribution is 5.94. The molecule has 3 N–H and O–H groups in total. The third kappa shape index (κ3) is 3.27. The average Bonchev–Trinajstić information content (AvgIpc) is 3.22. The van der Waals surface area contributed by atoms with Gasteiger partial charge in [-0.3, -0.25) is 4.79 Å². The van der Waals surface area contributed by atoms with Crippen LogP contribution in [0.4, 0.5) is 5.69 Å². The number of nitrogens with two attached hydrogens (primary N) is 1. The Bertz CT molecular complexity index is 629. The van der Waals surface area contributed by atoms with Crippen molar-refractivity contribution in [3.05, 3.63) is 53.9 Å². The molecule has 21 heavy (non-hydrogen) atoms. The molecule has 1 aromatic carbocycles. The molecule has 1 amide bonds. The van der Waals surface area contributed by atoms with Crippen molar-refractivity contribution < 1.29 is 4.79 Å². The van der Waals surface area contributed by atoms with Crippen molar-refractivity contribution in [1.29, 1.82) is 0 Å². The van der Waals surface area contributed by atoms with E-state index in [2.05, 4.69) is 17.4 Å². The molecule has 1 saturated carbocycles. The summed E-state index contributed by atoms with van der Waals surface area (Å²) in [4.78, 5) is 12.4. The fourth-order valence-corrected chi connectivity index (χ4v) is 2.65. The molecule has 1 aliphatic rings. The number of carbonyl (C=O) groups is 1. The molecule has 0 spiro atoms. The Morgan fingerprint density at radius 3 is 2.76 bits per heavy atom. The lowest BCUT2D eigenvalue weighted by Crippen LogP contribution is -2.35. The standard InChI is InChI=1S/C17H21N3O/c1-12(9-13-5-3-2-4-6-13)19-17(21)16-10-14(18)11-20(16)15-7-8-15/h2-6,10-12,15H,7-9,18H2,1H3,(H,19,21). The molecule has 4 heteroatoms. The highest BCUT2D eigenvalue weighted by Gasteiger charge is 2.28. The summed E-state index contributed by atoms with van der Waals surface area (Å²) < 4.78 is 2.01. The summed E-state index contributed by atoms with van der Waals surface area (Å²) >= 11 is 0. The lowest BCUT2D eigenvalue weighted by molar-refractivity contribution is 0.0930. The topological polar surface area (TPSA) is 60.1 Å². The summed E-state index contributed by atoms with van der Waals surface area (Å²) in [6, 6.07) is 12.5. The number of nitrogens with one attached hydrogen (secondary N) is 1. The molecule has 4 nitrogen and oxygen atoms in total. The maximum Gasteiger partial charge on any atom is 0.268 e. The molecule has 0 radical (unpaired) electrons. The second-order valence-corrected chi connectivity index (χ2v) is 5.86. The molecule has 1 aliphatic carbocycles. The Morgan fingerprint density at radius 2 is 2.10 bits per heavy atom. The van der Waals surface area contributed by atoms with E-state index in [4.69, 9.17) is 5.73 Å². The van der Waals surface area contributed by atoms with Crippen LogP contribution in [-0.4, -0.2) is 16.5 Å². The predicted octanol–water partition coefficient (Wildman–Crippen LogP) is 2.77. The lowest BCUT2D eigenvalue weighted by Gasteiger charge is -2.15. The second-order valence-electron chi connectivity index (χ2n) is 5.86. The first-order valence-electron chi connectivity index (χ1n) is 7.45. The third-order valence-corrected chi connectivity index (χ3v) is 3.80. The van der Waals surface area contributed by atoms with Gasteiger partial charge in [0.25, 0.3) is 5.91 Å². The Hall–Kier alpha value is -2.23. The number of benzene rings is 1. The minimum atomic E-state index is -0.0398. The predicted molar refractivity (Wildman–Crippen MR) is 84.2 cm³/mol. The molecule has 0 bridgehead atoms. The van der Waals surface area contributed by atoms with Gasteiger partial charge in [0, 0.05) is 18.3 Å². The highest BCUT2D eigenvalue weighted by atomic mass is 16.2. The Kier molecular flexibility index (Phi) is 3.69. The normalized spacial score (nSPS) is 15.7. The molecule has 2 aromatic rings. The van der Waals surface area contributed by atoms with Gasteiger partial charge in [-0.2, -0.15) is 0 Å². The molecule has 3 rings (SSSR count). The lowest BCUT2D eigenvalue weighted by atomic mass is 10.1. The van der Waals surface area contributed by atoms with Crippen molar-refractivity contribution in [3.8, 4) is 0 Å². The van der Waals surface area contributed by atoms with Gasteiger partial charge in [0.1, 0.15) is 5.69 Å². The number of anilines is 1. The first-order valence-corrected chi connectivity index (χ1v) is 7.45. The van der Waals surface area contributed by atoms with Crippen LogP contribution in [0.2, 0.25) is 0 Å². The van der Waals surface area contributed by atoms with E-state index >= 15 is 0 Å². The van der Waals surface area contributed by atoms with Gasteiger partial charge >= 0.3 is 0 Å². The Balaban J connectivity index is 1.66. The van der Waals surface area contributed by atoms with E-state index < -0.39 is 0 Å². The van der Waals surface area contributed by atoms with Crippen molar-refractivity contribution >= 4 is 11.6 Å². The van der Waals surface area contributed by atoms with Crippen LogP contribution in [0.3, 0.4) is 0 Å². The second kappa shape index (κ2) is 5.64. The summed E-state index contributed by atoms with van der Waals surface area (Å²) in [5.41, 5.74) is 8.39. The molecule has 1 unspecified atom stereocenters. The van der Waals surface area contributed by atoms with Gasteiger partial charge in [-0.1, -0.05) is 30.3 Å². The summed E-state index contributed by atoms with van der Waals surface area (Å²) in [5, 5.41) is 3.07. The van der Waals surface area contributed by atoms with Crippen molar-refractivity contribution in [2.24, 2.45) is 0 Å². The van der Waals surface area contributed by atoms with E-state index in [-0.39, 0.29) is 11.9 Å². The SMILES string of the molecule is CC(Cc1ccccc1)NC(=O)c1cc(N)cn1C1CC1. The number of aromatic nitrogens is 1. The fourth-order valence-electron chi connectivity index (χ4n) is 2.65. The maximum atomic E-state index is 12.4. The Labute approximate surface area is 125 Å². The fraction of sp³-hybridized carbons (Fsp3) is 0.353. The largest absolute Gasteiger partial charge is 0.397 e. The van der Waals surface area contributed by atoms with Crippen LogP contribution < -0.4 is 11.1 Å². The number of hydrogen-bond donors (Lipinski definition) is 2. The van der Waals surface area contributed by atoms with E-state index in [9.17, 15) is 4.79 Å². The first-order chi connectivity index (χ1) is 10.1. The maximum absolute atomic E-state index is 12.4. The number of nitrogen functional groups attached to an aromatic ring is 1. The number of carbonyl (C=O) groups excluding carboxylic acids is 1. The van der Waals surface area contributed by atoms with Crippen LogP contribution >= 0.6 is 0 Å². The van der Waals surface area contributed by atoms with Crippen LogP contribution in [-0.2, 0) is 6.42 Å². The van der Waals surface area contributed by atoms with Gasteiger partial charge in [-0.25, -0.2) is 0 Å². The third-order valence-electron chi connectivity index (χ3n) is 3.80. The molecule has 0 saturated heterocycles. The van der Waals surface area contributed by atoms with Crippen LogP contribution in [0.1, 0.15) is 41.9 Å². The van der Waals surface area contributed by atoms with Crippen LogP contribution in [0, 0.1) is 0 Å². The summed E-state index contributed by atoms with van der Waals surface area (Å²) in [6.45, 7) is 2.03. The quantitative estimate of drug-likeness (QED) is 0.886. The number of hydrogen-bond acceptors (Lipinski definition) is 2. The molecule has 0 aliphatic heterocycles. The zero-order chi connectivity index (χ0) is 14.8. The van der Waals surface area contributed by atoms with E-state index in [1.165, 1.54) is 5.56 Å². The summed E-state index contributed by atoms with van der Waals surface area (Å²) in [5.74, 6) is -0.0398. The number of nitrogens with zero attached hydrogens (tertiary/aromatic N) is 1. The van der Waals surface area contributed by atoms with Crippen molar-refractivity contribution in [2.75, 3.05) is 5.73 Å². The van der Waals surface area contributed by atoms with Gasteiger partial charge in [0.15, 0.2) is 0 Å². The highest BCUT2D eigenvalue weighted by Crippen LogP contribution is 2.37. The van der Waals surface area contributed by atoms with Gasteiger partial charge in [-0.15, -0.1) is 0 Å². The van der Waals surface area contributed by atoms with Crippen molar-refractivity contribution in [1.82, 2.24) is 9.88 Å². The monoisotopic (exact) mass is 283 g/mol. The first kappa shape index (κ1) is 13.7. The van der Waals surface area contributed by atoms with Gasteiger partial charge in [0.2, 0.25) is 0 Å². The smallest absolute Gasteiger partial charge is 0.268 e. The molecule has 1 atom stereocenters. The van der Waals surface area contributed by atoms with Gasteiger partial charge < -0.3 is 15.6 Å². The summed E-state index contributed by atoms with van der Waals surface area (Å²) in [7, 11) is 0. The molecular weight excluding hydrogens is 262 g/mol. The van der Waals surface area contributed by atoms with E-state index in [0.717, 1.165) is 19.3 Å². The zero-order valence-corrected chi connectivity index (χ0v) is 12.3. The molecular formula is C17H21N3O. The van der Waals surface area contributed by atoms with E-state index in [1.54, 1.807) is 6.07 Å². The van der Waals surface area contributed by atoms with Crippen LogP contribution in [0.15, 0.2) is 42.6 Å². The average molecular weight is 283 g/mol. The Morgan fingerprint density at radius 1 is 1.38 bits per heavy atom. The van der Waals surface area contributed by atoms with E-state index in [0.29, 0.717) is 17.4 Å². The number of amides is 1. The molecule has 1 fully saturated rings. The van der Waals surface area contributed by atoms with Crippen molar-refractivity contribution in [3.63, 3.8) is 0 Å². The van der Waals surface area contributed by atoms with Crippen LogP contribution in [0.5, 0.6) is 0 Å². The van der Waals surface area contributed by atoms with Crippen LogP contribution in [0.25, 0.3) is 0 Å². The zero-order valence-electron chi connectivity index (χ0n) is 12.3. The molecule has 1 aromatic heterocycles. The minimum absolute atomic E-state index is 0.0398. The molecule has 1 heterocycles. The minimum Gasteiger partial charge on any atom is -0.397 e. The summed E-state index contributed by atoms with van der Waals surface area (Å²) in [6.07, 6.45) is 4.96. The van der Waals surface area contributed by atoms with Crippen molar-refractivity contribution in [2.45, 2.75) is 38.3 Å². The number of rotatable bonds is 5. The van der Waals surface area contributed by atoms with Gasteiger partial charge in [-0.05, 0) is 37.8 Å². The van der Waals surface area contributed by atoms with Gasteiger partial charge in [0.05, 0.1) is 5.69 Å².